The zero-order valence-corrected chi connectivity index (χ0v) is 15.2. The molecule has 0 saturated heterocycles. The largest absolute Gasteiger partial charge is 0.454 e. The maximum atomic E-state index is 14.1. The molecule has 2 aromatic carbocycles. The van der Waals surface area contributed by atoms with Crippen LogP contribution in [0.3, 0.4) is 0 Å². The average Bonchev–Trinajstić information content (AvgIpc) is 3.13. The minimum absolute atomic E-state index is 0.00326. The molecule has 0 radical (unpaired) electrons. The van der Waals surface area contributed by atoms with Gasteiger partial charge in [-0.2, -0.15) is 8.78 Å². The minimum atomic E-state index is -3.03. The van der Waals surface area contributed by atoms with Crippen molar-refractivity contribution in [2.24, 2.45) is 4.99 Å². The van der Waals surface area contributed by atoms with Gasteiger partial charge in [0.15, 0.2) is 17.5 Å². The molecule has 0 fully saturated rings. The molecule has 0 bridgehead atoms. The molecule has 0 atom stereocenters. The Morgan fingerprint density at radius 2 is 2.00 bits per heavy atom. The monoisotopic (exact) mass is 395 g/mol. The zero-order valence-electron chi connectivity index (χ0n) is 15.2. The van der Waals surface area contributed by atoms with E-state index < -0.39 is 12.4 Å². The summed E-state index contributed by atoms with van der Waals surface area (Å²) < 4.78 is 54.1. The topological polar surface area (TPSA) is 64.1 Å². The second-order valence-corrected chi connectivity index (χ2v) is 5.83. The zero-order chi connectivity index (χ0) is 19.9. The van der Waals surface area contributed by atoms with Crippen LogP contribution >= 0.6 is 0 Å². The van der Waals surface area contributed by atoms with Gasteiger partial charge in [0, 0.05) is 18.7 Å². The van der Waals surface area contributed by atoms with Gasteiger partial charge in [-0.3, -0.25) is 0 Å². The van der Waals surface area contributed by atoms with Crippen molar-refractivity contribution in [2.45, 2.75) is 26.6 Å². The van der Waals surface area contributed by atoms with Crippen molar-refractivity contribution in [3.8, 4) is 17.2 Å². The van der Waals surface area contributed by atoms with Gasteiger partial charge in [0.25, 0.3) is 0 Å². The molecule has 0 spiro atoms. The summed E-state index contributed by atoms with van der Waals surface area (Å²) in [6.45, 7) is -0.117. The van der Waals surface area contributed by atoms with Gasteiger partial charge >= 0.3 is 6.61 Å². The van der Waals surface area contributed by atoms with Crippen molar-refractivity contribution in [3.63, 3.8) is 0 Å². The summed E-state index contributed by atoms with van der Waals surface area (Å²) >= 11 is 0. The first kappa shape index (κ1) is 19.7. The highest BCUT2D eigenvalue weighted by Crippen LogP contribution is 2.32. The van der Waals surface area contributed by atoms with Crippen molar-refractivity contribution in [1.82, 2.24) is 10.6 Å². The Morgan fingerprint density at radius 3 is 2.79 bits per heavy atom. The van der Waals surface area contributed by atoms with E-state index in [2.05, 4.69) is 20.4 Å². The van der Waals surface area contributed by atoms with Gasteiger partial charge in [0.1, 0.15) is 11.6 Å². The van der Waals surface area contributed by atoms with E-state index in [0.29, 0.717) is 30.5 Å². The molecule has 0 aliphatic carbocycles. The predicted octanol–water partition coefficient (Wildman–Crippen LogP) is 3.41. The van der Waals surface area contributed by atoms with Crippen molar-refractivity contribution < 1.29 is 27.4 Å². The standard InChI is InChI=1S/C19H20F3N3O3/c1-2-23-19(24-9-12-6-7-16-17(8-12)27-11-26-16)25-10-13-14(20)4-3-5-15(13)28-18(21)22/h3-8,18H,2,9-11H2,1H3,(H2,23,24,25). The van der Waals surface area contributed by atoms with Gasteiger partial charge in [0.2, 0.25) is 6.79 Å². The molecule has 0 aromatic heterocycles. The van der Waals surface area contributed by atoms with Crippen LogP contribution in [-0.4, -0.2) is 25.9 Å². The number of aliphatic imine (C=N–C) groups is 1. The second kappa shape index (κ2) is 9.20. The van der Waals surface area contributed by atoms with E-state index in [1.807, 2.05) is 19.1 Å². The molecule has 0 amide bonds. The first-order valence-electron chi connectivity index (χ1n) is 8.69. The molecule has 6 nitrogen and oxygen atoms in total. The van der Waals surface area contributed by atoms with Crippen LogP contribution in [-0.2, 0) is 13.1 Å². The van der Waals surface area contributed by atoms with Gasteiger partial charge in [-0.15, -0.1) is 0 Å². The summed E-state index contributed by atoms with van der Waals surface area (Å²) in [5.41, 5.74) is 0.894. The highest BCUT2D eigenvalue weighted by molar-refractivity contribution is 5.79. The van der Waals surface area contributed by atoms with Crippen molar-refractivity contribution >= 4 is 5.96 Å². The normalized spacial score (nSPS) is 13.0. The molecular formula is C19H20F3N3O3. The molecule has 0 saturated carbocycles. The molecule has 1 aliphatic heterocycles. The molecule has 3 rings (SSSR count). The number of hydrogen-bond acceptors (Lipinski definition) is 4. The number of fused-ring (bicyclic) bond motifs is 1. The molecule has 1 heterocycles. The lowest BCUT2D eigenvalue weighted by Gasteiger charge is -2.15. The third-order valence-electron chi connectivity index (χ3n) is 3.93. The molecule has 0 unspecified atom stereocenters. The Kier molecular flexibility index (Phi) is 6.46. The van der Waals surface area contributed by atoms with Crippen LogP contribution in [0.25, 0.3) is 0 Å². The Bertz CT molecular complexity index is 846. The number of nitrogens with zero attached hydrogens (tertiary/aromatic N) is 1. The minimum Gasteiger partial charge on any atom is -0.454 e. The predicted molar refractivity (Wildman–Crippen MR) is 97.3 cm³/mol. The molecule has 150 valence electrons. The molecule has 2 N–H and O–H groups in total. The van der Waals surface area contributed by atoms with Gasteiger partial charge < -0.3 is 24.8 Å². The Morgan fingerprint density at radius 1 is 1.18 bits per heavy atom. The van der Waals surface area contributed by atoms with E-state index in [4.69, 9.17) is 9.47 Å². The third-order valence-corrected chi connectivity index (χ3v) is 3.93. The average molecular weight is 395 g/mol. The van der Waals surface area contributed by atoms with E-state index in [0.717, 1.165) is 5.56 Å². The third kappa shape index (κ3) is 4.99. The Labute approximate surface area is 160 Å². The first-order chi connectivity index (χ1) is 13.6. The van der Waals surface area contributed by atoms with Crippen LogP contribution in [0.1, 0.15) is 18.1 Å². The van der Waals surface area contributed by atoms with Gasteiger partial charge in [0.05, 0.1) is 6.54 Å². The quantitative estimate of drug-likeness (QED) is 0.556. The smallest absolute Gasteiger partial charge is 0.387 e. The van der Waals surface area contributed by atoms with Gasteiger partial charge in [-0.1, -0.05) is 12.1 Å². The Hall–Kier alpha value is -3.10. The van der Waals surface area contributed by atoms with Crippen molar-refractivity contribution in [1.29, 1.82) is 0 Å². The summed E-state index contributed by atoms with van der Waals surface area (Å²) in [5.74, 6) is 0.896. The van der Waals surface area contributed by atoms with Gasteiger partial charge in [-0.05, 0) is 36.8 Å². The number of hydrogen-bond donors (Lipinski definition) is 2. The first-order valence-corrected chi connectivity index (χ1v) is 8.69. The highest BCUT2D eigenvalue weighted by atomic mass is 19.3. The highest BCUT2D eigenvalue weighted by Gasteiger charge is 2.15. The summed E-state index contributed by atoms with van der Waals surface area (Å²) in [6, 6.07) is 9.30. The molecule has 28 heavy (non-hydrogen) atoms. The van der Waals surface area contributed by atoms with Crippen LogP contribution in [0.4, 0.5) is 13.2 Å². The van der Waals surface area contributed by atoms with Crippen LogP contribution in [0.15, 0.2) is 41.4 Å². The SMILES string of the molecule is CCNC(=NCc1ccc2c(c1)OCO2)NCc1c(F)cccc1OC(F)F. The fraction of sp³-hybridized carbons (Fsp3) is 0.316. The Balaban J connectivity index is 1.69. The molecule has 1 aliphatic rings. The number of halogens is 3. The number of guanidine groups is 1. The van der Waals surface area contributed by atoms with E-state index >= 15 is 0 Å². The van der Waals surface area contributed by atoms with Crippen LogP contribution in [0, 0.1) is 5.82 Å². The summed E-state index contributed by atoms with van der Waals surface area (Å²) in [4.78, 5) is 4.43. The molecule has 9 heteroatoms. The van der Waals surface area contributed by atoms with E-state index in [9.17, 15) is 13.2 Å². The molecule has 2 aromatic rings. The number of ether oxygens (including phenoxy) is 3. The summed E-state index contributed by atoms with van der Waals surface area (Å²) in [7, 11) is 0. The summed E-state index contributed by atoms with van der Waals surface area (Å²) in [5, 5.41) is 5.96. The number of nitrogens with one attached hydrogen (secondary N) is 2. The number of rotatable bonds is 7. The lowest BCUT2D eigenvalue weighted by atomic mass is 10.2. The lowest BCUT2D eigenvalue weighted by molar-refractivity contribution is -0.0506. The van der Waals surface area contributed by atoms with Gasteiger partial charge in [-0.25, -0.2) is 9.38 Å². The maximum absolute atomic E-state index is 14.1. The van der Waals surface area contributed by atoms with Crippen molar-refractivity contribution in [3.05, 3.63) is 53.3 Å². The van der Waals surface area contributed by atoms with Crippen LogP contribution < -0.4 is 24.8 Å². The van der Waals surface area contributed by atoms with E-state index in [1.54, 1.807) is 6.07 Å². The fourth-order valence-corrected chi connectivity index (χ4v) is 2.64. The van der Waals surface area contributed by atoms with E-state index in [-0.39, 0.29) is 24.7 Å². The maximum Gasteiger partial charge on any atom is 0.387 e. The fourth-order valence-electron chi connectivity index (χ4n) is 2.64. The van der Waals surface area contributed by atoms with Crippen LogP contribution in [0.5, 0.6) is 17.2 Å². The van der Waals surface area contributed by atoms with Crippen molar-refractivity contribution in [2.75, 3.05) is 13.3 Å². The number of alkyl halides is 2. The van der Waals surface area contributed by atoms with Crippen LogP contribution in [0.2, 0.25) is 0 Å². The number of benzene rings is 2. The summed E-state index contributed by atoms with van der Waals surface area (Å²) in [6.07, 6.45) is 0. The van der Waals surface area contributed by atoms with E-state index in [1.165, 1.54) is 18.2 Å². The lowest BCUT2D eigenvalue weighted by Crippen LogP contribution is -2.37. The second-order valence-electron chi connectivity index (χ2n) is 5.83. The molecular weight excluding hydrogens is 375 g/mol.